The lowest BCUT2D eigenvalue weighted by Crippen LogP contribution is -2.59. The molecule has 1 aromatic heterocycles. The average molecular weight is 533 g/mol. The first-order valence-corrected chi connectivity index (χ1v) is 14.2. The molecule has 4 bridgehead atoms. The zero-order valence-corrected chi connectivity index (χ0v) is 21.7. The topological polar surface area (TPSA) is 127 Å². The summed E-state index contributed by atoms with van der Waals surface area (Å²) in [4.78, 5) is 50.7. The molecule has 0 radical (unpaired) electrons. The second-order valence-electron chi connectivity index (χ2n) is 12.4. The van der Waals surface area contributed by atoms with Crippen LogP contribution >= 0.6 is 0 Å². The molecule has 0 amide bonds. The Morgan fingerprint density at radius 1 is 1.08 bits per heavy atom. The summed E-state index contributed by atoms with van der Waals surface area (Å²) in [7, 11) is 0. The van der Waals surface area contributed by atoms with E-state index in [0.717, 1.165) is 50.4 Å². The molecule has 0 aromatic carbocycles. The number of hydrogen-bond donors (Lipinski definition) is 1. The first-order chi connectivity index (χ1) is 18.3. The van der Waals surface area contributed by atoms with Gasteiger partial charge in [0.1, 0.15) is 18.9 Å². The number of carbonyl (C=O) groups is 1. The van der Waals surface area contributed by atoms with E-state index < -0.39 is 35.2 Å². The van der Waals surface area contributed by atoms with Crippen molar-refractivity contribution in [2.45, 2.75) is 108 Å². The fourth-order valence-corrected chi connectivity index (χ4v) is 8.17. The minimum Gasteiger partial charge on any atom is -0.432 e. The van der Waals surface area contributed by atoms with Crippen molar-refractivity contribution in [3.63, 3.8) is 0 Å². The number of ether oxygens (including phenoxy) is 4. The molecule has 38 heavy (non-hydrogen) atoms. The zero-order chi connectivity index (χ0) is 26.1. The van der Waals surface area contributed by atoms with E-state index in [1.807, 2.05) is 0 Å². The lowest BCUT2D eigenvalue weighted by Gasteiger charge is -2.57. The summed E-state index contributed by atoms with van der Waals surface area (Å²) in [6.07, 6.45) is 9.28. The molecule has 1 N–H and O–H groups in total. The summed E-state index contributed by atoms with van der Waals surface area (Å²) < 4.78 is 25.1. The first kappa shape index (κ1) is 24.8. The van der Waals surface area contributed by atoms with Crippen LogP contribution in [0.2, 0.25) is 0 Å². The largest absolute Gasteiger partial charge is 0.508 e. The van der Waals surface area contributed by atoms with Gasteiger partial charge in [-0.2, -0.15) is 9.78 Å². The minimum absolute atomic E-state index is 0.0230. The third kappa shape index (κ3) is 4.22. The lowest BCUT2D eigenvalue weighted by atomic mass is 9.53. The van der Waals surface area contributed by atoms with Crippen molar-refractivity contribution >= 4 is 6.16 Å². The van der Waals surface area contributed by atoms with E-state index in [-0.39, 0.29) is 18.8 Å². The van der Waals surface area contributed by atoms with Crippen LogP contribution in [0.4, 0.5) is 4.79 Å². The van der Waals surface area contributed by atoms with Crippen LogP contribution in [0.5, 0.6) is 0 Å². The number of hydrogen-bond acceptors (Lipinski definition) is 9. The Hall–Kier alpha value is -2.21. The van der Waals surface area contributed by atoms with Gasteiger partial charge in [0.25, 0.3) is 5.56 Å². The van der Waals surface area contributed by atoms with E-state index in [9.17, 15) is 14.4 Å². The molecule has 2 aliphatic heterocycles. The zero-order valence-electron chi connectivity index (χ0n) is 21.7. The van der Waals surface area contributed by atoms with Crippen molar-refractivity contribution in [2.75, 3.05) is 6.61 Å². The van der Waals surface area contributed by atoms with Gasteiger partial charge in [-0.05, 0) is 76.5 Å². The van der Waals surface area contributed by atoms with E-state index in [2.05, 4.69) is 4.98 Å². The predicted molar refractivity (Wildman–Crippen MR) is 130 cm³/mol. The smallest absolute Gasteiger partial charge is 0.432 e. The van der Waals surface area contributed by atoms with E-state index in [1.165, 1.54) is 17.2 Å². The van der Waals surface area contributed by atoms with Crippen LogP contribution in [0, 0.1) is 30.6 Å². The SMILES string of the molecule is Cc1cn([C@H]2CC[C@@H](COC(=O)OC3CCC[C@]4(C3)OOC3(O4)C4CC5CC(C4)CC3C5)O2)c(=O)[nH]c1=O. The summed E-state index contributed by atoms with van der Waals surface area (Å²) in [6.45, 7) is 1.65. The summed E-state index contributed by atoms with van der Waals surface area (Å²) in [6, 6.07) is 0. The third-order valence-electron chi connectivity index (χ3n) is 9.76. The fraction of sp³-hybridized carbons (Fsp3) is 0.815. The summed E-state index contributed by atoms with van der Waals surface area (Å²) >= 11 is 0. The predicted octanol–water partition coefficient (Wildman–Crippen LogP) is 3.45. The Labute approximate surface area is 220 Å². The Morgan fingerprint density at radius 2 is 1.84 bits per heavy atom. The van der Waals surface area contributed by atoms with Gasteiger partial charge in [-0.1, -0.05) is 0 Å². The van der Waals surface area contributed by atoms with Gasteiger partial charge >= 0.3 is 11.8 Å². The van der Waals surface area contributed by atoms with Gasteiger partial charge < -0.3 is 18.9 Å². The molecule has 2 saturated heterocycles. The first-order valence-electron chi connectivity index (χ1n) is 14.2. The number of H-pyrrole nitrogens is 1. The number of aromatic amines is 1. The molecular weight excluding hydrogens is 496 g/mol. The molecule has 5 saturated carbocycles. The molecule has 11 heteroatoms. The van der Waals surface area contributed by atoms with E-state index >= 15 is 0 Å². The highest BCUT2D eigenvalue weighted by atomic mass is 17.3. The van der Waals surface area contributed by atoms with Crippen molar-refractivity contribution < 1.29 is 33.5 Å². The van der Waals surface area contributed by atoms with Crippen molar-refractivity contribution in [3.8, 4) is 0 Å². The molecule has 208 valence electrons. The van der Waals surface area contributed by atoms with Crippen molar-refractivity contribution in [2.24, 2.45) is 23.7 Å². The minimum atomic E-state index is -0.873. The molecular formula is C27H36N2O9. The Balaban J connectivity index is 0.918. The average Bonchev–Trinajstić information content (AvgIpc) is 3.49. The number of aryl methyl sites for hydroxylation is 1. The molecule has 8 rings (SSSR count). The summed E-state index contributed by atoms with van der Waals surface area (Å²) in [5.41, 5.74) is -0.505. The summed E-state index contributed by atoms with van der Waals surface area (Å²) in [5, 5.41) is 0. The number of nitrogens with zero attached hydrogens (tertiary/aromatic N) is 1. The van der Waals surface area contributed by atoms with Gasteiger partial charge in [0, 0.05) is 36.4 Å². The highest BCUT2D eigenvalue weighted by Gasteiger charge is 2.67. The molecule has 7 aliphatic rings. The van der Waals surface area contributed by atoms with Crippen molar-refractivity contribution in [1.82, 2.24) is 9.55 Å². The van der Waals surface area contributed by atoms with Crippen LogP contribution < -0.4 is 11.2 Å². The van der Waals surface area contributed by atoms with Crippen LogP contribution in [0.15, 0.2) is 15.8 Å². The van der Waals surface area contributed by atoms with Gasteiger partial charge in [0.05, 0.1) is 6.10 Å². The maximum Gasteiger partial charge on any atom is 0.508 e. The van der Waals surface area contributed by atoms with Crippen molar-refractivity contribution in [3.05, 3.63) is 32.6 Å². The highest BCUT2D eigenvalue weighted by molar-refractivity contribution is 5.60. The van der Waals surface area contributed by atoms with Crippen molar-refractivity contribution in [1.29, 1.82) is 0 Å². The van der Waals surface area contributed by atoms with Crippen LogP contribution in [0.1, 0.15) is 82.4 Å². The molecule has 1 aromatic rings. The maximum absolute atomic E-state index is 12.5. The van der Waals surface area contributed by atoms with Crippen LogP contribution in [0.25, 0.3) is 0 Å². The molecule has 2 spiro atoms. The monoisotopic (exact) mass is 532 g/mol. The second-order valence-corrected chi connectivity index (χ2v) is 12.4. The second kappa shape index (κ2) is 9.18. The lowest BCUT2D eigenvalue weighted by molar-refractivity contribution is -0.390. The molecule has 4 atom stereocenters. The number of nitrogens with one attached hydrogen (secondary N) is 1. The Kier molecular flexibility index (Phi) is 5.99. The van der Waals surface area contributed by atoms with E-state index in [0.29, 0.717) is 43.1 Å². The molecule has 3 heterocycles. The Morgan fingerprint density at radius 3 is 2.61 bits per heavy atom. The maximum atomic E-state index is 12.5. The summed E-state index contributed by atoms with van der Waals surface area (Å²) in [5.74, 6) is 0.849. The fourth-order valence-electron chi connectivity index (χ4n) is 8.17. The molecule has 1 unspecified atom stereocenters. The van der Waals surface area contributed by atoms with Crippen LogP contribution in [-0.4, -0.2) is 46.1 Å². The Bertz CT molecular complexity index is 1180. The van der Waals surface area contributed by atoms with Gasteiger partial charge in [0.2, 0.25) is 11.6 Å². The van der Waals surface area contributed by atoms with Crippen LogP contribution in [0.3, 0.4) is 0 Å². The third-order valence-corrected chi connectivity index (χ3v) is 9.76. The molecule has 5 aliphatic carbocycles. The van der Waals surface area contributed by atoms with Gasteiger partial charge in [-0.15, -0.1) is 0 Å². The van der Waals surface area contributed by atoms with Gasteiger partial charge in [-0.25, -0.2) is 9.59 Å². The number of rotatable bonds is 4. The quantitative estimate of drug-likeness (QED) is 0.458. The standard InChI is InChI=1S/C27H36N2O9/c1-15-13-29(24(31)28-23(15)30)22-5-4-21(34-22)14-33-25(32)35-20-3-2-6-26(12-20)36-27(38-37-26)18-8-16-7-17(10-18)11-19(27)9-16/h13,16-22H,2-12,14H2,1H3,(H,28,30,31)/t16?,17?,18?,19?,20?,21-,22+,26+,27?/m0/s1. The van der Waals surface area contributed by atoms with Gasteiger partial charge in [-0.3, -0.25) is 14.3 Å². The normalized spacial score (nSPS) is 43.2. The van der Waals surface area contributed by atoms with Gasteiger partial charge in [0.15, 0.2) is 0 Å². The van der Waals surface area contributed by atoms with E-state index in [1.54, 1.807) is 6.92 Å². The van der Waals surface area contributed by atoms with E-state index in [4.69, 9.17) is 28.7 Å². The van der Waals surface area contributed by atoms with Crippen LogP contribution in [-0.2, 0) is 28.7 Å². The number of aromatic nitrogens is 2. The highest BCUT2D eigenvalue weighted by Crippen LogP contribution is 2.63. The molecule has 7 fully saturated rings. The number of carbonyl (C=O) groups excluding carboxylic acids is 1. The molecule has 11 nitrogen and oxygen atoms in total.